The van der Waals surface area contributed by atoms with Gasteiger partial charge in [-0.1, -0.05) is 48.0 Å². The van der Waals surface area contributed by atoms with Crippen LogP contribution in [0.1, 0.15) is 24.0 Å². The Labute approximate surface area is 206 Å². The second-order valence-electron chi connectivity index (χ2n) is 8.69. The van der Waals surface area contributed by atoms with E-state index >= 15 is 0 Å². The van der Waals surface area contributed by atoms with E-state index in [0.717, 1.165) is 57.9 Å². The summed E-state index contributed by atoms with van der Waals surface area (Å²) in [6.45, 7) is 2.10. The average Bonchev–Trinajstić information content (AvgIpc) is 3.44. The van der Waals surface area contributed by atoms with Gasteiger partial charge in [-0.3, -0.25) is 4.79 Å². The van der Waals surface area contributed by atoms with E-state index in [1.807, 2.05) is 42.5 Å². The maximum atomic E-state index is 12.7. The molecule has 3 aromatic heterocycles. The number of hydrogen-bond acceptors (Lipinski definition) is 5. The van der Waals surface area contributed by atoms with Crippen LogP contribution >= 0.6 is 11.8 Å². The summed E-state index contributed by atoms with van der Waals surface area (Å²) >= 11 is 1.08. The summed E-state index contributed by atoms with van der Waals surface area (Å²) in [6.07, 6.45) is 1.94. The number of aryl methyl sites for hydroxylation is 2. The number of benzene rings is 3. The molecule has 35 heavy (non-hydrogen) atoms. The van der Waals surface area contributed by atoms with Gasteiger partial charge in [-0.05, 0) is 61.7 Å². The normalized spacial score (nSPS) is 11.6. The number of nitrogens with zero attached hydrogens (tertiary/aromatic N) is 2. The van der Waals surface area contributed by atoms with Crippen molar-refractivity contribution in [3.63, 3.8) is 0 Å². The maximum Gasteiger partial charge on any atom is 0.264 e. The van der Waals surface area contributed by atoms with Crippen LogP contribution in [0.2, 0.25) is 0 Å². The minimum atomic E-state index is 0.0537. The second kappa shape index (κ2) is 9.04. The third-order valence-electron chi connectivity index (χ3n) is 6.20. The molecule has 0 unspecified atom stereocenters. The number of fused-ring (bicyclic) bond motifs is 3. The molecule has 0 radical (unpaired) electrons. The molecule has 6 rings (SSSR count). The average molecular weight is 478 g/mol. The number of nitrogens with one attached hydrogen (secondary N) is 1. The van der Waals surface area contributed by atoms with Crippen molar-refractivity contribution in [1.82, 2.24) is 15.0 Å². The molecule has 5 nitrogen and oxygen atoms in total. The first-order valence-electron chi connectivity index (χ1n) is 11.7. The lowest BCUT2D eigenvalue weighted by Gasteiger charge is -2.06. The number of aromatic amines is 1. The summed E-state index contributed by atoms with van der Waals surface area (Å²) in [5, 5.41) is 2.76. The molecule has 3 aromatic carbocycles. The van der Waals surface area contributed by atoms with Gasteiger partial charge in [-0.2, -0.15) is 0 Å². The number of H-pyrrole nitrogens is 1. The first-order chi connectivity index (χ1) is 17.1. The zero-order valence-corrected chi connectivity index (χ0v) is 20.1. The SMILES string of the molecule is Cc1ccc2[nH]c(-c3ccc4ccccc4n3)c(CCCC(=O)Sc3nc4ccccc4o3)c2c1. The lowest BCUT2D eigenvalue weighted by molar-refractivity contribution is -0.111. The quantitative estimate of drug-likeness (QED) is 0.252. The molecule has 0 atom stereocenters. The fourth-order valence-electron chi connectivity index (χ4n) is 4.50. The number of pyridine rings is 1. The molecule has 3 heterocycles. The van der Waals surface area contributed by atoms with Crippen LogP contribution in [0.4, 0.5) is 0 Å². The van der Waals surface area contributed by atoms with Crippen molar-refractivity contribution < 1.29 is 9.21 Å². The lowest BCUT2D eigenvalue weighted by atomic mass is 10.0. The lowest BCUT2D eigenvalue weighted by Crippen LogP contribution is -1.96. The van der Waals surface area contributed by atoms with E-state index in [0.29, 0.717) is 17.2 Å². The second-order valence-corrected chi connectivity index (χ2v) is 9.70. The van der Waals surface area contributed by atoms with E-state index in [4.69, 9.17) is 9.40 Å². The summed E-state index contributed by atoms with van der Waals surface area (Å²) in [6, 6.07) is 26.3. The van der Waals surface area contributed by atoms with Crippen molar-refractivity contribution in [2.75, 3.05) is 0 Å². The number of hydrogen-bond donors (Lipinski definition) is 1. The molecule has 0 bridgehead atoms. The van der Waals surface area contributed by atoms with Crippen LogP contribution in [0.3, 0.4) is 0 Å². The van der Waals surface area contributed by atoms with Gasteiger partial charge in [0.2, 0.25) is 0 Å². The Hall–Kier alpha value is -3.90. The number of oxazole rings is 1. The van der Waals surface area contributed by atoms with Crippen LogP contribution in [0, 0.1) is 6.92 Å². The van der Waals surface area contributed by atoms with Gasteiger partial charge in [0.15, 0.2) is 10.7 Å². The van der Waals surface area contributed by atoms with Gasteiger partial charge in [0.25, 0.3) is 5.22 Å². The first-order valence-corrected chi connectivity index (χ1v) is 12.5. The Morgan fingerprint density at radius 3 is 2.66 bits per heavy atom. The summed E-state index contributed by atoms with van der Waals surface area (Å²) in [4.78, 5) is 25.6. The Bertz CT molecular complexity index is 1670. The molecule has 1 N–H and O–H groups in total. The minimum Gasteiger partial charge on any atom is -0.431 e. The first kappa shape index (κ1) is 21.6. The zero-order valence-electron chi connectivity index (χ0n) is 19.2. The maximum absolute atomic E-state index is 12.7. The molecule has 0 aliphatic carbocycles. The van der Waals surface area contributed by atoms with E-state index in [-0.39, 0.29) is 5.12 Å². The fourth-order valence-corrected chi connectivity index (χ4v) is 5.21. The molecule has 0 amide bonds. The topological polar surface area (TPSA) is 71.8 Å². The van der Waals surface area contributed by atoms with Gasteiger partial charge in [0.05, 0.1) is 16.9 Å². The van der Waals surface area contributed by atoms with E-state index < -0.39 is 0 Å². The molecule has 6 heteroatoms. The molecule has 0 aliphatic heterocycles. The molecule has 0 saturated heterocycles. The summed E-state index contributed by atoms with van der Waals surface area (Å²) in [5.41, 5.74) is 7.87. The summed E-state index contributed by atoms with van der Waals surface area (Å²) in [7, 11) is 0. The highest BCUT2D eigenvalue weighted by atomic mass is 32.2. The molecule has 0 saturated carbocycles. The van der Waals surface area contributed by atoms with Gasteiger partial charge in [0.1, 0.15) is 5.52 Å². The molecule has 0 fully saturated rings. The van der Waals surface area contributed by atoms with E-state index in [2.05, 4.69) is 53.3 Å². The number of aromatic nitrogens is 3. The summed E-state index contributed by atoms with van der Waals surface area (Å²) < 4.78 is 5.69. The van der Waals surface area contributed by atoms with E-state index in [1.165, 1.54) is 16.5 Å². The van der Waals surface area contributed by atoms with E-state index in [1.54, 1.807) is 0 Å². The van der Waals surface area contributed by atoms with Gasteiger partial charge in [-0.15, -0.1) is 0 Å². The van der Waals surface area contributed by atoms with Gasteiger partial charge in [0, 0.05) is 34.5 Å². The minimum absolute atomic E-state index is 0.0537. The third kappa shape index (κ3) is 4.33. The van der Waals surface area contributed by atoms with Crippen LogP contribution in [-0.2, 0) is 11.2 Å². The van der Waals surface area contributed by atoms with Crippen LogP contribution in [0.5, 0.6) is 0 Å². The van der Waals surface area contributed by atoms with Crippen molar-refractivity contribution in [3.8, 4) is 11.4 Å². The number of carbonyl (C=O) groups is 1. The Kier molecular flexibility index (Phi) is 5.58. The molecule has 0 aliphatic rings. The van der Waals surface area contributed by atoms with Crippen molar-refractivity contribution in [1.29, 1.82) is 0 Å². The van der Waals surface area contributed by atoms with Crippen LogP contribution in [0.25, 0.3) is 44.3 Å². The fraction of sp³-hybridized carbons (Fsp3) is 0.138. The Morgan fingerprint density at radius 2 is 1.77 bits per heavy atom. The highest BCUT2D eigenvalue weighted by Crippen LogP contribution is 2.33. The van der Waals surface area contributed by atoms with Crippen molar-refractivity contribution in [3.05, 3.63) is 90.0 Å². The molecule has 172 valence electrons. The molecular formula is C29H23N3O2S. The van der Waals surface area contributed by atoms with Crippen molar-refractivity contribution in [2.45, 2.75) is 31.4 Å². The predicted octanol–water partition coefficient (Wildman–Crippen LogP) is 7.47. The van der Waals surface area contributed by atoms with E-state index in [9.17, 15) is 4.79 Å². The molecule has 6 aromatic rings. The Morgan fingerprint density at radius 1 is 0.943 bits per heavy atom. The summed E-state index contributed by atoms with van der Waals surface area (Å²) in [5.74, 6) is 0. The number of para-hydroxylation sites is 3. The standard InChI is InChI=1S/C29H23N3O2S/c1-18-13-15-23-21(17-18)20(28(31-23)25-16-14-19-7-2-3-9-22(19)30-25)8-6-12-27(33)35-29-32-24-10-4-5-11-26(24)34-29/h2-5,7,9-11,13-17,31H,6,8,12H2,1H3. The number of thioether (sulfide) groups is 1. The predicted molar refractivity (Wildman–Crippen MR) is 142 cm³/mol. The molecular weight excluding hydrogens is 454 g/mol. The van der Waals surface area contributed by atoms with Crippen molar-refractivity contribution >= 4 is 49.8 Å². The van der Waals surface area contributed by atoms with Gasteiger partial charge in [-0.25, -0.2) is 9.97 Å². The number of carbonyl (C=O) groups excluding carboxylic acids is 1. The van der Waals surface area contributed by atoms with Crippen LogP contribution in [-0.4, -0.2) is 20.1 Å². The Balaban J connectivity index is 1.25. The monoisotopic (exact) mass is 477 g/mol. The van der Waals surface area contributed by atoms with Crippen LogP contribution < -0.4 is 0 Å². The van der Waals surface area contributed by atoms with Gasteiger partial charge >= 0.3 is 0 Å². The number of rotatable bonds is 6. The smallest absolute Gasteiger partial charge is 0.264 e. The third-order valence-corrected chi connectivity index (χ3v) is 6.98. The van der Waals surface area contributed by atoms with Gasteiger partial charge < -0.3 is 9.40 Å². The van der Waals surface area contributed by atoms with Crippen LogP contribution in [0.15, 0.2) is 88.5 Å². The largest absolute Gasteiger partial charge is 0.431 e. The highest BCUT2D eigenvalue weighted by Gasteiger charge is 2.17. The highest BCUT2D eigenvalue weighted by molar-refractivity contribution is 8.13. The molecule has 0 spiro atoms. The zero-order chi connectivity index (χ0) is 23.8. The van der Waals surface area contributed by atoms with Crippen molar-refractivity contribution in [2.24, 2.45) is 0 Å².